The van der Waals surface area contributed by atoms with Gasteiger partial charge in [0.1, 0.15) is 0 Å². The molecule has 0 unspecified atom stereocenters. The molecule has 0 bridgehead atoms. The monoisotopic (exact) mass is 359 g/mol. The zero-order chi connectivity index (χ0) is 19.1. The Kier molecular flexibility index (Phi) is 9.07. The van der Waals surface area contributed by atoms with E-state index in [-0.39, 0.29) is 26.4 Å². The molecule has 0 saturated carbocycles. The van der Waals surface area contributed by atoms with Crippen LogP contribution in [0.25, 0.3) is 0 Å². The second-order valence-electron chi connectivity index (χ2n) is 9.53. The molecule has 1 aromatic carbocycles. The van der Waals surface area contributed by atoms with Gasteiger partial charge in [0.05, 0.1) is 0 Å². The Morgan fingerprint density at radius 3 is 1.76 bits per heavy atom. The van der Waals surface area contributed by atoms with Gasteiger partial charge in [0.25, 0.3) is 0 Å². The van der Waals surface area contributed by atoms with Crippen LogP contribution in [0.1, 0.15) is 104 Å². The average molecular weight is 360 g/mol. The quantitative estimate of drug-likeness (QED) is 0.330. The van der Waals surface area contributed by atoms with Crippen molar-refractivity contribution in [2.45, 2.75) is 110 Å². The van der Waals surface area contributed by atoms with Crippen molar-refractivity contribution in [3.8, 4) is 5.75 Å². The molecule has 25 heavy (non-hydrogen) atoms. The number of hydrogen-bond donors (Lipinski definition) is 0. The number of aryl methyl sites for hydroxylation is 1. The summed E-state index contributed by atoms with van der Waals surface area (Å²) in [5.74, 6) is 1.17. The zero-order valence-electron chi connectivity index (χ0n) is 18.1. The maximum atomic E-state index is 6.49. The van der Waals surface area contributed by atoms with Crippen molar-refractivity contribution in [2.24, 2.45) is 0 Å². The van der Waals surface area contributed by atoms with Gasteiger partial charge in [0.2, 0.25) is 0 Å². The Hall–Kier alpha value is -0.448. The molecule has 0 aliphatic heterocycles. The van der Waals surface area contributed by atoms with E-state index >= 15 is 0 Å². The third-order valence-electron chi connectivity index (χ3n) is 4.73. The van der Waals surface area contributed by atoms with Gasteiger partial charge in [-0.05, 0) is 0 Å². The molecule has 0 saturated heterocycles. The fourth-order valence-electron chi connectivity index (χ4n) is 3.16. The first-order valence-electron chi connectivity index (χ1n) is 10.2. The molecule has 0 spiro atoms. The van der Waals surface area contributed by atoms with Gasteiger partial charge in [0.15, 0.2) is 0 Å². The van der Waals surface area contributed by atoms with Crippen LogP contribution in [0.15, 0.2) is 12.1 Å². The number of rotatable bonds is 9. The van der Waals surface area contributed by atoms with Crippen molar-refractivity contribution in [3.05, 3.63) is 28.8 Å². The normalized spacial score (nSPS) is 12.2. The first-order valence-corrected chi connectivity index (χ1v) is 11.5. The van der Waals surface area contributed by atoms with Gasteiger partial charge in [-0.15, -0.1) is 0 Å². The average Bonchev–Trinajstić information content (AvgIpc) is 2.48. The fourth-order valence-corrected chi connectivity index (χ4v) is 4.16. The Labute approximate surface area is 164 Å². The van der Waals surface area contributed by atoms with E-state index in [1.54, 1.807) is 0 Å². The molecular weight excluding hydrogens is 319 g/mol. The van der Waals surface area contributed by atoms with Crippen LogP contribution in [-0.4, -0.2) is 15.6 Å². The fraction of sp³-hybridized carbons (Fsp3) is 0.739. The second kappa shape index (κ2) is 10.0. The summed E-state index contributed by atoms with van der Waals surface area (Å²) in [6, 6.07) is 4.66. The third-order valence-corrected chi connectivity index (χ3v) is 5.77. The van der Waals surface area contributed by atoms with Crippen LogP contribution < -0.4 is 3.79 Å². The van der Waals surface area contributed by atoms with Gasteiger partial charge in [-0.2, -0.15) is 0 Å². The Morgan fingerprint density at radius 2 is 1.28 bits per heavy atom. The molecule has 0 radical (unpaired) electrons. The first kappa shape index (κ1) is 22.6. The van der Waals surface area contributed by atoms with E-state index in [0.29, 0.717) is 0 Å². The molecular formula is C23H40AlO+. The van der Waals surface area contributed by atoms with Crippen LogP contribution in [0.2, 0.25) is 5.28 Å². The predicted molar refractivity (Wildman–Crippen MR) is 113 cm³/mol. The van der Waals surface area contributed by atoms with Crippen LogP contribution in [0.4, 0.5) is 0 Å². The van der Waals surface area contributed by atoms with Gasteiger partial charge >= 0.3 is 164 Å². The summed E-state index contributed by atoms with van der Waals surface area (Å²) in [5, 5.41) is 1.24. The molecule has 0 atom stereocenters. The molecule has 0 fully saturated rings. The van der Waals surface area contributed by atoms with E-state index in [4.69, 9.17) is 3.79 Å². The number of benzene rings is 1. The summed E-state index contributed by atoms with van der Waals surface area (Å²) >= 11 is 0.0361. The molecule has 2 heteroatoms. The summed E-state index contributed by atoms with van der Waals surface area (Å²) in [5.41, 5.74) is 4.30. The zero-order valence-corrected chi connectivity index (χ0v) is 19.2. The van der Waals surface area contributed by atoms with Crippen molar-refractivity contribution in [1.82, 2.24) is 0 Å². The van der Waals surface area contributed by atoms with Crippen LogP contribution in [0.5, 0.6) is 5.75 Å². The van der Waals surface area contributed by atoms with Crippen LogP contribution >= 0.6 is 0 Å². The number of hydrogen-bond acceptors (Lipinski definition) is 1. The Bertz CT molecular complexity index is 485. The van der Waals surface area contributed by atoms with E-state index in [1.807, 2.05) is 0 Å². The minimum atomic E-state index is 0.0361. The van der Waals surface area contributed by atoms with Crippen molar-refractivity contribution in [2.75, 3.05) is 0 Å². The van der Waals surface area contributed by atoms with Gasteiger partial charge in [-0.25, -0.2) is 0 Å². The summed E-state index contributed by atoms with van der Waals surface area (Å²) < 4.78 is 6.49. The third kappa shape index (κ3) is 7.76. The molecule has 1 rings (SSSR count). The molecule has 0 aromatic heterocycles. The summed E-state index contributed by atoms with van der Waals surface area (Å²) in [4.78, 5) is 0. The van der Waals surface area contributed by atoms with Crippen molar-refractivity contribution in [1.29, 1.82) is 0 Å². The van der Waals surface area contributed by atoms with E-state index < -0.39 is 0 Å². The topological polar surface area (TPSA) is 9.23 Å². The van der Waals surface area contributed by atoms with Gasteiger partial charge in [-0.1, -0.05) is 0 Å². The summed E-state index contributed by atoms with van der Waals surface area (Å²) in [7, 11) is 0. The summed E-state index contributed by atoms with van der Waals surface area (Å²) in [6.45, 7) is 18.3. The Morgan fingerprint density at radius 1 is 0.800 bits per heavy atom. The van der Waals surface area contributed by atoms with Crippen LogP contribution in [0.3, 0.4) is 0 Å². The molecule has 1 nitrogen and oxygen atoms in total. The standard InChI is InChI=1S/C15H24O.C8H17.Al/c1-10-8-11(14(2,3)4)13(16)12(9-10)15(5,6)7;1-3-5-7-8-6-4-2;/h8-9,16H,1-7H3;1,3-8H2,2H3;/q;;+2/p-1. The molecule has 140 valence electrons. The molecule has 0 aliphatic rings. The molecule has 1 aromatic rings. The molecule has 0 aliphatic carbocycles. The van der Waals surface area contributed by atoms with Crippen molar-refractivity contribution in [3.63, 3.8) is 0 Å². The van der Waals surface area contributed by atoms with E-state index in [2.05, 4.69) is 67.5 Å². The molecule has 0 amide bonds. The number of unbranched alkanes of at least 4 members (excludes halogenated alkanes) is 5. The van der Waals surface area contributed by atoms with Gasteiger partial charge in [0, 0.05) is 0 Å². The van der Waals surface area contributed by atoms with E-state index in [0.717, 1.165) is 0 Å². The molecule has 0 heterocycles. The second-order valence-corrected chi connectivity index (χ2v) is 10.7. The van der Waals surface area contributed by atoms with Crippen LogP contribution in [0, 0.1) is 6.92 Å². The SMILES string of the molecule is CCCCCCC[CH2][Al+][O]c1c(C(C)(C)C)cc(C)cc1C(C)(C)C. The van der Waals surface area contributed by atoms with E-state index in [9.17, 15) is 0 Å². The van der Waals surface area contributed by atoms with Gasteiger partial charge in [-0.3, -0.25) is 0 Å². The maximum absolute atomic E-state index is 6.49. The first-order chi connectivity index (χ1) is 11.6. The Balaban J connectivity index is 2.79. The molecule has 0 N–H and O–H groups in total. The van der Waals surface area contributed by atoms with Crippen LogP contribution in [-0.2, 0) is 10.8 Å². The summed E-state index contributed by atoms with van der Waals surface area (Å²) in [6.07, 6.45) is 8.18. The van der Waals surface area contributed by atoms with Crippen molar-refractivity contribution < 1.29 is 3.79 Å². The van der Waals surface area contributed by atoms with Crippen molar-refractivity contribution >= 4 is 15.6 Å². The predicted octanol–water partition coefficient (Wildman–Crippen LogP) is 7.37. The minimum absolute atomic E-state index is 0.0361. The van der Waals surface area contributed by atoms with Gasteiger partial charge < -0.3 is 0 Å². The van der Waals surface area contributed by atoms with E-state index in [1.165, 1.54) is 66.2 Å².